The van der Waals surface area contributed by atoms with Crippen LogP contribution < -0.4 is 9.48 Å². The molecule has 0 saturated heterocycles. The lowest BCUT2D eigenvalue weighted by Gasteiger charge is -2.29. The molecule has 3 heterocycles. The van der Waals surface area contributed by atoms with Crippen LogP contribution in [0.15, 0.2) is 176 Å². The minimum Gasteiger partial charge on any atom is -0.326 e. The zero-order valence-corrected chi connectivity index (χ0v) is 29.6. The van der Waals surface area contributed by atoms with Gasteiger partial charge in [0.2, 0.25) is 11.4 Å². The van der Waals surface area contributed by atoms with Crippen LogP contribution in [0, 0.1) is 0 Å². The molecule has 1 aliphatic carbocycles. The maximum absolute atomic E-state index is 5.17. The molecule has 11 rings (SSSR count). The van der Waals surface area contributed by atoms with Crippen LogP contribution in [0.25, 0.3) is 75.9 Å². The first-order chi connectivity index (χ1) is 26.3. The highest BCUT2D eigenvalue weighted by atomic mass is 32.1. The van der Waals surface area contributed by atoms with Gasteiger partial charge in [0.05, 0.1) is 5.69 Å². The van der Waals surface area contributed by atoms with Crippen molar-refractivity contribution < 1.29 is 0 Å². The second kappa shape index (κ2) is 12.0. The maximum atomic E-state index is 5.17. The molecule has 248 valence electrons. The molecule has 9 aromatic rings. The van der Waals surface area contributed by atoms with E-state index in [1.165, 1.54) is 59.1 Å². The smallest absolute Gasteiger partial charge is 0.235 e. The van der Waals surface area contributed by atoms with Crippen LogP contribution in [0.4, 0.5) is 22.7 Å². The zero-order chi connectivity index (χ0) is 34.9. The van der Waals surface area contributed by atoms with E-state index in [0.717, 1.165) is 46.1 Å². The summed E-state index contributed by atoms with van der Waals surface area (Å²) in [6.45, 7) is 0.739. The summed E-state index contributed by atoms with van der Waals surface area (Å²) in [7, 11) is 0. The third kappa shape index (κ3) is 4.73. The molecule has 4 heteroatoms. The van der Waals surface area contributed by atoms with Crippen LogP contribution in [0.2, 0.25) is 0 Å². The highest BCUT2D eigenvalue weighted by molar-refractivity contribution is 7.26. The van der Waals surface area contributed by atoms with E-state index in [2.05, 4.69) is 186 Å². The van der Waals surface area contributed by atoms with E-state index in [0.29, 0.717) is 0 Å². The first-order valence-electron chi connectivity index (χ1n) is 18.1. The number of rotatable bonds is 3. The Labute approximate surface area is 312 Å². The summed E-state index contributed by atoms with van der Waals surface area (Å²) in [4.78, 5) is 7.59. The fraction of sp³-hybridized carbons (Fsp3) is 0.0204. The van der Waals surface area contributed by atoms with Gasteiger partial charge in [0.15, 0.2) is 6.21 Å². The van der Waals surface area contributed by atoms with Crippen molar-refractivity contribution in [1.82, 2.24) is 9.56 Å². The average molecular weight is 695 g/mol. The Bertz CT molecular complexity index is 2920. The molecule has 2 aliphatic rings. The molecule has 0 amide bonds. The minimum atomic E-state index is 0.739. The van der Waals surface area contributed by atoms with Crippen molar-refractivity contribution >= 4 is 60.5 Å². The lowest BCUT2D eigenvalue weighted by molar-refractivity contribution is 1.000. The monoisotopic (exact) mass is 694 g/mol. The van der Waals surface area contributed by atoms with Crippen molar-refractivity contribution in [2.75, 3.05) is 11.4 Å². The number of para-hydroxylation sites is 2. The van der Waals surface area contributed by atoms with Crippen LogP contribution in [0.3, 0.4) is 0 Å². The van der Waals surface area contributed by atoms with Gasteiger partial charge in [0.1, 0.15) is 12.2 Å². The SMILES string of the molecule is C1=[N+](c2ccccc2)c2cc3c(cc2N(c2ccccc2)C1)-c1ncccc1-c1ccccc1-c1ccc(-c2cccc4c2sc2ccccc24)cc1-3. The topological polar surface area (TPSA) is 19.1 Å². The highest BCUT2D eigenvalue weighted by Gasteiger charge is 2.32. The Hall–Kier alpha value is -6.62. The molecule has 0 unspecified atom stereocenters. The van der Waals surface area contributed by atoms with Crippen molar-refractivity contribution in [2.24, 2.45) is 0 Å². The molecule has 0 spiro atoms. The van der Waals surface area contributed by atoms with Gasteiger partial charge >= 0.3 is 0 Å². The van der Waals surface area contributed by atoms with Crippen LogP contribution in [0.1, 0.15) is 0 Å². The average Bonchev–Trinajstić information content (AvgIpc) is 3.62. The van der Waals surface area contributed by atoms with Crippen LogP contribution in [-0.2, 0) is 0 Å². The summed E-state index contributed by atoms with van der Waals surface area (Å²) in [5.41, 5.74) is 16.3. The van der Waals surface area contributed by atoms with Crippen LogP contribution in [0.5, 0.6) is 0 Å². The summed E-state index contributed by atoms with van der Waals surface area (Å²) < 4.78 is 5.00. The van der Waals surface area contributed by atoms with E-state index in [4.69, 9.17) is 4.98 Å². The Morgan fingerprint density at radius 1 is 0.509 bits per heavy atom. The lowest BCUT2D eigenvalue weighted by atomic mass is 9.81. The molecule has 53 heavy (non-hydrogen) atoms. The maximum Gasteiger partial charge on any atom is 0.235 e. The minimum absolute atomic E-state index is 0.739. The molecule has 0 bridgehead atoms. The largest absolute Gasteiger partial charge is 0.326 e. The number of anilines is 2. The number of thiophene rings is 1. The van der Waals surface area contributed by atoms with Gasteiger partial charge in [-0.3, -0.25) is 4.98 Å². The van der Waals surface area contributed by atoms with Gasteiger partial charge in [-0.25, -0.2) is 0 Å². The van der Waals surface area contributed by atoms with Crippen molar-refractivity contribution in [3.8, 4) is 55.8 Å². The molecule has 7 aromatic carbocycles. The van der Waals surface area contributed by atoms with E-state index in [-0.39, 0.29) is 0 Å². The van der Waals surface area contributed by atoms with Crippen molar-refractivity contribution in [3.05, 3.63) is 176 Å². The second-order valence-electron chi connectivity index (χ2n) is 13.7. The van der Waals surface area contributed by atoms with Crippen LogP contribution >= 0.6 is 11.3 Å². The lowest BCUT2D eigenvalue weighted by Crippen LogP contribution is -2.29. The normalized spacial score (nSPS) is 12.9. The fourth-order valence-electron chi connectivity index (χ4n) is 8.38. The first kappa shape index (κ1) is 30.0. The molecular formula is C49H32N3S+. The Kier molecular flexibility index (Phi) is 6.79. The van der Waals surface area contributed by atoms with Gasteiger partial charge in [-0.15, -0.1) is 11.3 Å². The number of hydrogen-bond acceptors (Lipinski definition) is 3. The highest BCUT2D eigenvalue weighted by Crippen LogP contribution is 2.52. The molecule has 0 N–H and O–H groups in total. The van der Waals surface area contributed by atoms with E-state index in [1.54, 1.807) is 0 Å². The summed E-state index contributed by atoms with van der Waals surface area (Å²) in [6, 6.07) is 61.9. The number of fused-ring (bicyclic) bond motifs is 12. The fourth-order valence-corrected chi connectivity index (χ4v) is 9.62. The van der Waals surface area contributed by atoms with Gasteiger partial charge in [-0.2, -0.15) is 4.58 Å². The quantitative estimate of drug-likeness (QED) is 0.172. The summed E-state index contributed by atoms with van der Waals surface area (Å²) in [6.07, 6.45) is 4.24. The van der Waals surface area contributed by atoms with Gasteiger partial charge in [0.25, 0.3) is 0 Å². The van der Waals surface area contributed by atoms with Crippen LogP contribution in [-0.4, -0.2) is 17.7 Å². The standard InChI is InChI=1S/C49H32N3S/c1-3-13-33(14-4-1)51-27-28-52(34-15-5-2-6-16-34)46-31-44-43(30-45(46)51)42-29-32(35-20-11-21-41-39-19-9-10-23-47(39)53-49(35)41)24-25-38(42)36-17-7-8-18-37(36)40-22-12-26-50-48(40)44/h1-27,29-31H,28H2/q+1. The summed E-state index contributed by atoms with van der Waals surface area (Å²) >= 11 is 1.88. The molecule has 0 fully saturated rings. The number of nitrogens with zero attached hydrogens (tertiary/aromatic N) is 3. The summed E-state index contributed by atoms with van der Waals surface area (Å²) in [5.74, 6) is 0. The van der Waals surface area contributed by atoms with E-state index in [1.807, 2.05) is 17.5 Å². The number of benzene rings is 7. The zero-order valence-electron chi connectivity index (χ0n) is 28.8. The predicted octanol–water partition coefficient (Wildman–Crippen LogP) is 13.2. The van der Waals surface area contributed by atoms with Crippen molar-refractivity contribution in [2.45, 2.75) is 0 Å². The number of pyridine rings is 1. The van der Waals surface area contributed by atoms with Gasteiger partial charge in [-0.05, 0) is 75.3 Å². The molecule has 3 nitrogen and oxygen atoms in total. The Balaban J connectivity index is 1.23. The first-order valence-corrected chi connectivity index (χ1v) is 18.9. The third-order valence-corrected chi connectivity index (χ3v) is 12.0. The van der Waals surface area contributed by atoms with Crippen molar-refractivity contribution in [1.29, 1.82) is 0 Å². The van der Waals surface area contributed by atoms with Gasteiger partial charge < -0.3 is 4.90 Å². The number of hydrogen-bond donors (Lipinski definition) is 0. The molecular weight excluding hydrogens is 663 g/mol. The summed E-state index contributed by atoms with van der Waals surface area (Å²) in [5, 5.41) is 2.62. The predicted molar refractivity (Wildman–Crippen MR) is 225 cm³/mol. The second-order valence-corrected chi connectivity index (χ2v) is 14.8. The molecule has 2 aromatic heterocycles. The van der Waals surface area contributed by atoms with E-state index in [9.17, 15) is 0 Å². The van der Waals surface area contributed by atoms with Gasteiger partial charge in [0, 0.05) is 61.4 Å². The Morgan fingerprint density at radius 3 is 2.06 bits per heavy atom. The van der Waals surface area contributed by atoms with E-state index >= 15 is 0 Å². The molecule has 0 atom stereocenters. The van der Waals surface area contributed by atoms with Gasteiger partial charge in [-0.1, -0.05) is 115 Å². The number of aromatic nitrogens is 1. The third-order valence-electron chi connectivity index (χ3n) is 10.8. The van der Waals surface area contributed by atoms with Crippen molar-refractivity contribution in [3.63, 3.8) is 0 Å². The van der Waals surface area contributed by atoms with E-state index < -0.39 is 0 Å². The molecule has 0 saturated carbocycles. The molecule has 0 radical (unpaired) electrons. The Morgan fingerprint density at radius 2 is 1.19 bits per heavy atom. The molecule has 1 aliphatic heterocycles.